The van der Waals surface area contributed by atoms with Crippen LogP contribution in [0.25, 0.3) is 0 Å². The number of ketones is 1. The molecule has 1 rings (SSSR count). The molecule has 4 nitrogen and oxygen atoms in total. The standard InChI is InChI=1S/C11H21NO3S/c1-3-10-5-7-12(8-6-10)16(14,15)9-11(13)4-2/h10H,3-9H2,1-2H3. The van der Waals surface area contributed by atoms with Gasteiger partial charge in [-0.15, -0.1) is 0 Å². The Morgan fingerprint density at radius 2 is 1.81 bits per heavy atom. The first-order valence-corrected chi connectivity index (χ1v) is 7.60. The van der Waals surface area contributed by atoms with Gasteiger partial charge in [-0.25, -0.2) is 12.7 Å². The minimum absolute atomic E-state index is 0.197. The molecule has 0 N–H and O–H groups in total. The van der Waals surface area contributed by atoms with Crippen LogP contribution in [0.2, 0.25) is 0 Å². The lowest BCUT2D eigenvalue weighted by molar-refractivity contribution is -0.116. The van der Waals surface area contributed by atoms with E-state index < -0.39 is 10.0 Å². The Morgan fingerprint density at radius 3 is 2.25 bits per heavy atom. The van der Waals surface area contributed by atoms with Gasteiger partial charge in [0, 0.05) is 19.5 Å². The first-order valence-electron chi connectivity index (χ1n) is 5.99. The van der Waals surface area contributed by atoms with Crippen molar-refractivity contribution in [1.82, 2.24) is 4.31 Å². The second-order valence-electron chi connectivity index (χ2n) is 4.40. The summed E-state index contributed by atoms with van der Waals surface area (Å²) >= 11 is 0. The molecule has 1 aliphatic rings. The number of nitrogens with zero attached hydrogens (tertiary/aromatic N) is 1. The molecule has 0 unspecified atom stereocenters. The molecule has 0 bridgehead atoms. The minimum Gasteiger partial charge on any atom is -0.299 e. The maximum Gasteiger partial charge on any atom is 0.221 e. The number of piperidine rings is 1. The highest BCUT2D eigenvalue weighted by atomic mass is 32.2. The zero-order chi connectivity index (χ0) is 12.2. The van der Waals surface area contributed by atoms with Gasteiger partial charge >= 0.3 is 0 Å². The molecule has 5 heteroatoms. The van der Waals surface area contributed by atoms with E-state index in [-0.39, 0.29) is 11.5 Å². The summed E-state index contributed by atoms with van der Waals surface area (Å²) in [7, 11) is -3.34. The lowest BCUT2D eigenvalue weighted by Crippen LogP contribution is -2.41. The Kier molecular flexibility index (Phi) is 4.92. The molecule has 0 amide bonds. The van der Waals surface area contributed by atoms with Crippen LogP contribution >= 0.6 is 0 Å². The van der Waals surface area contributed by atoms with E-state index in [1.165, 1.54) is 4.31 Å². The molecule has 0 aromatic rings. The highest BCUT2D eigenvalue weighted by Gasteiger charge is 2.28. The van der Waals surface area contributed by atoms with Crippen LogP contribution < -0.4 is 0 Å². The third-order valence-corrected chi connectivity index (χ3v) is 5.12. The van der Waals surface area contributed by atoms with E-state index in [9.17, 15) is 13.2 Å². The van der Waals surface area contributed by atoms with Crippen LogP contribution in [0.4, 0.5) is 0 Å². The van der Waals surface area contributed by atoms with Crippen LogP contribution in [-0.2, 0) is 14.8 Å². The monoisotopic (exact) mass is 247 g/mol. The molecular formula is C11H21NO3S. The number of carbonyl (C=O) groups excluding carboxylic acids is 1. The van der Waals surface area contributed by atoms with Gasteiger partial charge in [-0.05, 0) is 18.8 Å². The van der Waals surface area contributed by atoms with Crippen molar-refractivity contribution in [3.05, 3.63) is 0 Å². The Labute approximate surface area is 98.1 Å². The third kappa shape index (κ3) is 3.56. The van der Waals surface area contributed by atoms with Gasteiger partial charge in [0.15, 0.2) is 0 Å². The number of sulfonamides is 1. The number of Topliss-reactive ketones (excluding diaryl/α,β-unsaturated/α-hetero) is 1. The van der Waals surface area contributed by atoms with Crippen LogP contribution in [0.3, 0.4) is 0 Å². The normalized spacial score (nSPS) is 19.9. The van der Waals surface area contributed by atoms with Crippen LogP contribution in [0.15, 0.2) is 0 Å². The van der Waals surface area contributed by atoms with Gasteiger partial charge in [-0.1, -0.05) is 20.3 Å². The molecule has 16 heavy (non-hydrogen) atoms. The van der Waals surface area contributed by atoms with E-state index in [0.717, 1.165) is 19.3 Å². The van der Waals surface area contributed by atoms with Gasteiger partial charge in [0.05, 0.1) is 0 Å². The Bertz CT molecular complexity index is 329. The first-order chi connectivity index (χ1) is 7.49. The van der Waals surface area contributed by atoms with Crippen molar-refractivity contribution >= 4 is 15.8 Å². The van der Waals surface area contributed by atoms with Crippen molar-refractivity contribution in [2.75, 3.05) is 18.8 Å². The Balaban J connectivity index is 2.55. The minimum atomic E-state index is -3.34. The third-order valence-electron chi connectivity index (χ3n) is 3.28. The van der Waals surface area contributed by atoms with Crippen LogP contribution in [-0.4, -0.2) is 37.3 Å². The molecule has 0 saturated carbocycles. The lowest BCUT2D eigenvalue weighted by atomic mass is 9.96. The lowest BCUT2D eigenvalue weighted by Gasteiger charge is -2.30. The second kappa shape index (κ2) is 5.77. The summed E-state index contributed by atoms with van der Waals surface area (Å²) in [5.74, 6) is 0.131. The number of rotatable bonds is 5. The second-order valence-corrected chi connectivity index (χ2v) is 6.37. The molecule has 0 aromatic carbocycles. The van der Waals surface area contributed by atoms with Crippen molar-refractivity contribution in [2.24, 2.45) is 5.92 Å². The molecule has 0 spiro atoms. The van der Waals surface area contributed by atoms with Gasteiger partial charge in [-0.2, -0.15) is 0 Å². The molecule has 0 aliphatic carbocycles. The largest absolute Gasteiger partial charge is 0.299 e. The van der Waals surface area contributed by atoms with Gasteiger partial charge in [0.25, 0.3) is 0 Å². The molecule has 1 aliphatic heterocycles. The fraction of sp³-hybridized carbons (Fsp3) is 0.909. The topological polar surface area (TPSA) is 54.5 Å². The first kappa shape index (κ1) is 13.6. The van der Waals surface area contributed by atoms with Crippen molar-refractivity contribution in [3.8, 4) is 0 Å². The Hall–Kier alpha value is -0.420. The average Bonchev–Trinajstić information content (AvgIpc) is 2.28. The summed E-state index contributed by atoms with van der Waals surface area (Å²) in [5, 5.41) is 0. The molecule has 0 radical (unpaired) electrons. The number of carbonyl (C=O) groups is 1. The van der Waals surface area contributed by atoms with E-state index in [0.29, 0.717) is 25.4 Å². The van der Waals surface area contributed by atoms with Gasteiger partial charge < -0.3 is 0 Å². The highest BCUT2D eigenvalue weighted by molar-refractivity contribution is 7.89. The van der Waals surface area contributed by atoms with Crippen molar-refractivity contribution in [2.45, 2.75) is 39.5 Å². The fourth-order valence-corrected chi connectivity index (χ4v) is 3.55. The zero-order valence-electron chi connectivity index (χ0n) is 10.1. The maximum absolute atomic E-state index is 11.9. The molecule has 0 aromatic heterocycles. The van der Waals surface area contributed by atoms with Gasteiger partial charge in [0.1, 0.15) is 11.5 Å². The highest BCUT2D eigenvalue weighted by Crippen LogP contribution is 2.22. The fourth-order valence-electron chi connectivity index (χ4n) is 1.99. The predicted molar refractivity (Wildman–Crippen MR) is 63.7 cm³/mol. The van der Waals surface area contributed by atoms with E-state index in [1.54, 1.807) is 6.92 Å². The van der Waals surface area contributed by atoms with Crippen molar-refractivity contribution in [3.63, 3.8) is 0 Å². The van der Waals surface area contributed by atoms with Crippen molar-refractivity contribution < 1.29 is 13.2 Å². The zero-order valence-corrected chi connectivity index (χ0v) is 10.9. The maximum atomic E-state index is 11.9. The molecule has 1 fully saturated rings. The molecular weight excluding hydrogens is 226 g/mol. The SMILES string of the molecule is CCC(=O)CS(=O)(=O)N1CCC(CC)CC1. The van der Waals surface area contributed by atoms with Crippen molar-refractivity contribution in [1.29, 1.82) is 0 Å². The Morgan fingerprint density at radius 1 is 1.25 bits per heavy atom. The van der Waals surface area contributed by atoms with E-state index in [1.807, 2.05) is 0 Å². The molecule has 1 heterocycles. The van der Waals surface area contributed by atoms with Crippen LogP contribution in [0.5, 0.6) is 0 Å². The van der Waals surface area contributed by atoms with E-state index >= 15 is 0 Å². The number of hydrogen-bond donors (Lipinski definition) is 0. The van der Waals surface area contributed by atoms with Crippen LogP contribution in [0, 0.1) is 5.92 Å². The molecule has 0 atom stereocenters. The van der Waals surface area contributed by atoms with E-state index in [4.69, 9.17) is 0 Å². The van der Waals surface area contributed by atoms with E-state index in [2.05, 4.69) is 6.92 Å². The van der Waals surface area contributed by atoms with Gasteiger partial charge in [-0.3, -0.25) is 4.79 Å². The summed E-state index contributed by atoms with van der Waals surface area (Å²) in [4.78, 5) is 11.2. The smallest absolute Gasteiger partial charge is 0.221 e. The predicted octanol–water partition coefficient (Wildman–Crippen LogP) is 1.42. The summed E-state index contributed by atoms with van der Waals surface area (Å²) in [6, 6.07) is 0. The average molecular weight is 247 g/mol. The summed E-state index contributed by atoms with van der Waals surface area (Å²) < 4.78 is 25.2. The summed E-state index contributed by atoms with van der Waals surface area (Å²) in [6.07, 6.45) is 3.26. The summed E-state index contributed by atoms with van der Waals surface area (Å²) in [5.41, 5.74) is 0. The summed E-state index contributed by atoms with van der Waals surface area (Å²) in [6.45, 7) is 4.99. The molecule has 94 valence electrons. The quantitative estimate of drug-likeness (QED) is 0.738. The molecule has 1 saturated heterocycles. The number of hydrogen-bond acceptors (Lipinski definition) is 3. The van der Waals surface area contributed by atoms with Crippen LogP contribution in [0.1, 0.15) is 39.5 Å². The van der Waals surface area contributed by atoms with Gasteiger partial charge in [0.2, 0.25) is 10.0 Å².